The van der Waals surface area contributed by atoms with Crippen molar-refractivity contribution in [2.75, 3.05) is 7.11 Å². The molecule has 5 rings (SSSR count). The van der Waals surface area contributed by atoms with E-state index in [1.54, 1.807) is 36.4 Å². The molecule has 4 aromatic rings. The SMILES string of the molecule is COC(C)=C(C(=O)OC(c1ccccc1)c1ccccc1)N1C(=O)C(NC(=O)Cc2ccccc2)C1SS(=O)(=O)c1ccc(C)cc1. The van der Waals surface area contributed by atoms with Crippen molar-refractivity contribution in [1.29, 1.82) is 0 Å². The molecule has 9 nitrogen and oxygen atoms in total. The Morgan fingerprint density at radius 2 is 1.38 bits per heavy atom. The summed E-state index contributed by atoms with van der Waals surface area (Å²) < 4.78 is 38.8. The average molecular weight is 671 g/mol. The molecule has 0 radical (unpaired) electrons. The van der Waals surface area contributed by atoms with Crippen LogP contribution in [-0.2, 0) is 39.1 Å². The number of nitrogens with one attached hydrogen (secondary N) is 1. The van der Waals surface area contributed by atoms with Gasteiger partial charge in [0, 0.05) is 10.8 Å². The second kappa shape index (κ2) is 14.7. The van der Waals surface area contributed by atoms with E-state index in [1.165, 1.54) is 26.2 Å². The van der Waals surface area contributed by atoms with Gasteiger partial charge in [-0.15, -0.1) is 0 Å². The number of carbonyl (C=O) groups excluding carboxylic acids is 3. The minimum atomic E-state index is -4.07. The second-order valence-corrected chi connectivity index (χ2v) is 14.8. The molecule has 0 aromatic heterocycles. The summed E-state index contributed by atoms with van der Waals surface area (Å²) in [7, 11) is -2.26. The van der Waals surface area contributed by atoms with Gasteiger partial charge < -0.3 is 14.8 Å². The average Bonchev–Trinajstić information content (AvgIpc) is 3.08. The van der Waals surface area contributed by atoms with Crippen LogP contribution in [0.4, 0.5) is 0 Å². The zero-order valence-electron chi connectivity index (χ0n) is 26.0. The smallest absolute Gasteiger partial charge is 0.359 e. The molecule has 2 atom stereocenters. The maximum Gasteiger partial charge on any atom is 0.359 e. The number of amides is 2. The van der Waals surface area contributed by atoms with Crippen molar-refractivity contribution >= 4 is 37.4 Å². The van der Waals surface area contributed by atoms with Gasteiger partial charge in [0.2, 0.25) is 14.8 Å². The van der Waals surface area contributed by atoms with Crippen molar-refractivity contribution in [1.82, 2.24) is 10.2 Å². The van der Waals surface area contributed by atoms with Crippen LogP contribution in [0.3, 0.4) is 0 Å². The van der Waals surface area contributed by atoms with Crippen LogP contribution in [0.5, 0.6) is 0 Å². The van der Waals surface area contributed by atoms with Gasteiger partial charge in [-0.1, -0.05) is 109 Å². The summed E-state index contributed by atoms with van der Waals surface area (Å²) in [5, 5.41) is 1.48. The molecule has 242 valence electrons. The van der Waals surface area contributed by atoms with Crippen molar-refractivity contribution in [3.63, 3.8) is 0 Å². The highest BCUT2D eigenvalue weighted by atomic mass is 33.1. The van der Waals surface area contributed by atoms with Gasteiger partial charge >= 0.3 is 5.97 Å². The molecule has 1 aliphatic heterocycles. The molecule has 4 aromatic carbocycles. The monoisotopic (exact) mass is 670 g/mol. The van der Waals surface area contributed by atoms with Gasteiger partial charge in [0.05, 0.1) is 18.4 Å². The van der Waals surface area contributed by atoms with Gasteiger partial charge in [-0.05, 0) is 42.7 Å². The minimum Gasteiger partial charge on any atom is -0.499 e. The number of benzene rings is 4. The van der Waals surface area contributed by atoms with Crippen molar-refractivity contribution < 1.29 is 32.3 Å². The van der Waals surface area contributed by atoms with Crippen LogP contribution in [-0.4, -0.2) is 49.6 Å². The maximum atomic E-state index is 14.1. The highest BCUT2D eigenvalue weighted by molar-refractivity contribution is 8.72. The Balaban J connectivity index is 1.49. The number of allylic oxidation sites excluding steroid dienone is 1. The molecule has 2 amide bonds. The summed E-state index contributed by atoms with van der Waals surface area (Å²) in [5.74, 6) is -2.02. The molecule has 1 fully saturated rings. The molecule has 1 N–H and O–H groups in total. The predicted octanol–water partition coefficient (Wildman–Crippen LogP) is 5.52. The van der Waals surface area contributed by atoms with Crippen molar-refractivity contribution in [2.24, 2.45) is 0 Å². The summed E-state index contributed by atoms with van der Waals surface area (Å²) in [6, 6.07) is 32.2. The lowest BCUT2D eigenvalue weighted by atomic mass is 10.0. The van der Waals surface area contributed by atoms with Crippen LogP contribution in [0.25, 0.3) is 0 Å². The van der Waals surface area contributed by atoms with Gasteiger partial charge in [-0.25, -0.2) is 13.2 Å². The normalized spacial score (nSPS) is 16.6. The van der Waals surface area contributed by atoms with E-state index >= 15 is 0 Å². The number of methoxy groups -OCH3 is 1. The molecule has 2 unspecified atom stereocenters. The lowest BCUT2D eigenvalue weighted by Gasteiger charge is -2.46. The third-order valence-corrected chi connectivity index (χ3v) is 11.3. The number of ether oxygens (including phenoxy) is 2. The highest BCUT2D eigenvalue weighted by Crippen LogP contribution is 2.41. The predicted molar refractivity (Wildman–Crippen MR) is 179 cm³/mol. The first-order valence-electron chi connectivity index (χ1n) is 14.8. The summed E-state index contributed by atoms with van der Waals surface area (Å²) in [6.45, 7) is 3.32. The Morgan fingerprint density at radius 3 is 1.91 bits per heavy atom. The van der Waals surface area contributed by atoms with Crippen molar-refractivity contribution in [3.8, 4) is 0 Å². The number of aryl methyl sites for hydroxylation is 1. The number of hydrogen-bond acceptors (Lipinski definition) is 8. The largest absolute Gasteiger partial charge is 0.499 e. The molecule has 0 saturated carbocycles. The lowest BCUT2D eigenvalue weighted by Crippen LogP contribution is -2.70. The Labute approximate surface area is 277 Å². The number of esters is 1. The number of hydrogen-bond donors (Lipinski definition) is 1. The fourth-order valence-electron chi connectivity index (χ4n) is 5.08. The fourth-order valence-corrected chi connectivity index (χ4v) is 8.55. The van der Waals surface area contributed by atoms with Gasteiger partial charge in [0.1, 0.15) is 17.2 Å². The first-order valence-corrected chi connectivity index (χ1v) is 17.7. The maximum absolute atomic E-state index is 14.1. The second-order valence-electron chi connectivity index (χ2n) is 10.9. The molecule has 1 aliphatic rings. The first-order chi connectivity index (χ1) is 22.6. The lowest BCUT2D eigenvalue weighted by molar-refractivity contribution is -0.155. The molecule has 47 heavy (non-hydrogen) atoms. The van der Waals surface area contributed by atoms with Crippen LogP contribution >= 0.6 is 10.8 Å². The number of carbonyl (C=O) groups is 3. The van der Waals surface area contributed by atoms with E-state index in [2.05, 4.69) is 5.32 Å². The molecule has 0 spiro atoms. The van der Waals surface area contributed by atoms with Crippen molar-refractivity contribution in [3.05, 3.63) is 149 Å². The van der Waals surface area contributed by atoms with E-state index in [1.807, 2.05) is 73.7 Å². The van der Waals surface area contributed by atoms with Gasteiger partial charge in [0.15, 0.2) is 11.8 Å². The number of likely N-dealkylation sites (tertiary alicyclic amines) is 1. The summed E-state index contributed by atoms with van der Waals surface area (Å²) in [5.41, 5.74) is 2.71. The zero-order valence-corrected chi connectivity index (χ0v) is 27.7. The molecule has 1 heterocycles. The van der Waals surface area contributed by atoms with Crippen LogP contribution < -0.4 is 5.32 Å². The molecule has 0 aliphatic carbocycles. The summed E-state index contributed by atoms with van der Waals surface area (Å²) in [6.07, 6.45) is -0.866. The van der Waals surface area contributed by atoms with E-state index in [0.29, 0.717) is 21.9 Å². The topological polar surface area (TPSA) is 119 Å². The van der Waals surface area contributed by atoms with Crippen LogP contribution in [0, 0.1) is 6.92 Å². The van der Waals surface area contributed by atoms with E-state index in [9.17, 15) is 22.8 Å². The molecule has 0 bridgehead atoms. The Hall–Kier alpha value is -4.87. The third-order valence-electron chi connectivity index (χ3n) is 7.61. The molecule has 1 saturated heterocycles. The molecular weight excluding hydrogens is 637 g/mol. The quantitative estimate of drug-likeness (QED) is 0.0688. The first kappa shape index (κ1) is 33.5. The third kappa shape index (κ3) is 7.75. The fraction of sp³-hybridized carbons (Fsp3) is 0.194. The van der Waals surface area contributed by atoms with E-state index in [4.69, 9.17) is 9.47 Å². The Morgan fingerprint density at radius 1 is 0.851 bits per heavy atom. The summed E-state index contributed by atoms with van der Waals surface area (Å²) in [4.78, 5) is 42.0. The number of β-lactam (4-membered cyclic amide) rings is 1. The zero-order chi connectivity index (χ0) is 33.6. The Bertz CT molecular complexity index is 1830. The number of nitrogens with zero attached hydrogens (tertiary/aromatic N) is 1. The van der Waals surface area contributed by atoms with E-state index < -0.39 is 44.2 Å². The molecule has 11 heteroatoms. The summed E-state index contributed by atoms with van der Waals surface area (Å²) >= 11 is 0. The van der Waals surface area contributed by atoms with Crippen LogP contribution in [0.1, 0.15) is 35.3 Å². The van der Waals surface area contributed by atoms with Crippen LogP contribution in [0.15, 0.2) is 132 Å². The minimum absolute atomic E-state index is 0.0200. The number of rotatable bonds is 12. The van der Waals surface area contributed by atoms with Gasteiger partial charge in [-0.3, -0.25) is 14.5 Å². The highest BCUT2D eigenvalue weighted by Gasteiger charge is 2.55. The van der Waals surface area contributed by atoms with Gasteiger partial charge in [0.25, 0.3) is 5.91 Å². The van der Waals surface area contributed by atoms with Gasteiger partial charge in [-0.2, -0.15) is 0 Å². The van der Waals surface area contributed by atoms with Crippen molar-refractivity contribution in [2.45, 2.75) is 42.7 Å². The molecular formula is C36H34N2O7S2. The van der Waals surface area contributed by atoms with E-state index in [-0.39, 0.29) is 22.8 Å². The van der Waals surface area contributed by atoms with Crippen LogP contribution in [0.2, 0.25) is 0 Å². The standard InChI is InChI=1S/C36H34N2O7S2/c1-24-19-21-29(22-20-24)47(42,43)46-35-31(37-30(39)23-26-13-7-4-8-14-26)34(40)38(35)32(25(2)44-3)36(41)45-33(27-15-9-5-10-16-27)28-17-11-6-12-18-28/h4-22,31,33,35H,23H2,1-3H3,(H,37,39). The van der Waals surface area contributed by atoms with E-state index in [0.717, 1.165) is 16.0 Å². The Kier molecular flexibility index (Phi) is 10.5.